The molecular formula is C30H42N4S. The van der Waals surface area contributed by atoms with Gasteiger partial charge in [0.2, 0.25) is 0 Å². The van der Waals surface area contributed by atoms with Gasteiger partial charge in [-0.1, -0.05) is 64.2 Å². The Balaban J connectivity index is 1.72. The summed E-state index contributed by atoms with van der Waals surface area (Å²) in [6.07, 6.45) is 7.45. The zero-order valence-corrected chi connectivity index (χ0v) is 23.6. The van der Waals surface area contributed by atoms with Crippen LogP contribution in [0.15, 0.2) is 30.5 Å². The molecule has 2 aromatic heterocycles. The molecule has 0 spiro atoms. The third kappa shape index (κ3) is 4.48. The molecule has 1 aromatic carbocycles. The lowest BCUT2D eigenvalue weighted by Gasteiger charge is -2.45. The van der Waals surface area contributed by atoms with Crippen molar-refractivity contribution in [3.63, 3.8) is 0 Å². The molecule has 5 heteroatoms. The van der Waals surface area contributed by atoms with E-state index in [0.29, 0.717) is 5.82 Å². The smallest absolute Gasteiger partial charge is 0.184 e. The predicted octanol–water partition coefficient (Wildman–Crippen LogP) is 7.52. The molecule has 35 heavy (non-hydrogen) atoms. The third-order valence-corrected chi connectivity index (χ3v) is 9.91. The number of pyridine rings is 1. The Kier molecular flexibility index (Phi) is 6.78. The summed E-state index contributed by atoms with van der Waals surface area (Å²) in [5, 5.41) is 3.93. The van der Waals surface area contributed by atoms with Crippen LogP contribution >= 0.6 is 11.3 Å². The third-order valence-electron chi connectivity index (χ3n) is 8.82. The maximum absolute atomic E-state index is 6.12. The van der Waals surface area contributed by atoms with Gasteiger partial charge >= 0.3 is 0 Å². The molecule has 2 atom stereocenters. The highest BCUT2D eigenvalue weighted by atomic mass is 32.1. The van der Waals surface area contributed by atoms with Gasteiger partial charge in [-0.3, -0.25) is 4.98 Å². The van der Waals surface area contributed by atoms with Crippen LogP contribution in [0.4, 0.5) is 10.9 Å². The summed E-state index contributed by atoms with van der Waals surface area (Å²) in [6.45, 7) is 16.6. The SMILES string of the molecule is CCC1(C)CCC(C)(C)c2cc(C(C)(CC)c3ccc(Cc4sc(NC)nc4N)cn3)c(C)cc21. The first-order valence-electron chi connectivity index (χ1n) is 13.0. The van der Waals surface area contributed by atoms with E-state index in [1.54, 1.807) is 16.9 Å². The van der Waals surface area contributed by atoms with Gasteiger partial charge in [-0.25, -0.2) is 4.98 Å². The summed E-state index contributed by atoms with van der Waals surface area (Å²) in [5.41, 5.74) is 14.6. The highest BCUT2D eigenvalue weighted by Crippen LogP contribution is 2.50. The van der Waals surface area contributed by atoms with Crippen molar-refractivity contribution in [2.24, 2.45) is 0 Å². The molecule has 3 aromatic rings. The second-order valence-electron chi connectivity index (χ2n) is 11.5. The van der Waals surface area contributed by atoms with Crippen molar-refractivity contribution >= 4 is 22.3 Å². The number of nitrogens with one attached hydrogen (secondary N) is 1. The molecule has 0 saturated heterocycles. The summed E-state index contributed by atoms with van der Waals surface area (Å²) >= 11 is 1.61. The molecule has 0 radical (unpaired) electrons. The molecule has 0 saturated carbocycles. The Hall–Kier alpha value is -2.40. The lowest BCUT2D eigenvalue weighted by atomic mass is 9.60. The first-order valence-corrected chi connectivity index (χ1v) is 13.8. The van der Waals surface area contributed by atoms with Gasteiger partial charge in [0.05, 0.1) is 10.6 Å². The van der Waals surface area contributed by atoms with Gasteiger partial charge in [-0.15, -0.1) is 0 Å². The van der Waals surface area contributed by atoms with E-state index in [4.69, 9.17) is 10.7 Å². The van der Waals surface area contributed by atoms with Crippen molar-refractivity contribution in [1.82, 2.24) is 9.97 Å². The number of thiazole rings is 1. The van der Waals surface area contributed by atoms with E-state index in [1.165, 1.54) is 36.0 Å². The molecule has 2 heterocycles. The first kappa shape index (κ1) is 25.7. The largest absolute Gasteiger partial charge is 0.383 e. The Labute approximate surface area is 215 Å². The van der Waals surface area contributed by atoms with E-state index >= 15 is 0 Å². The number of fused-ring (bicyclic) bond motifs is 1. The molecular weight excluding hydrogens is 448 g/mol. The molecule has 3 N–H and O–H groups in total. The van der Waals surface area contributed by atoms with E-state index in [9.17, 15) is 0 Å². The molecule has 0 bridgehead atoms. The average Bonchev–Trinajstić information content (AvgIpc) is 3.20. The van der Waals surface area contributed by atoms with Crippen LogP contribution in [0.5, 0.6) is 0 Å². The molecule has 188 valence electrons. The quantitative estimate of drug-likeness (QED) is 0.359. The van der Waals surface area contributed by atoms with Crippen LogP contribution in [-0.4, -0.2) is 17.0 Å². The van der Waals surface area contributed by atoms with Crippen LogP contribution in [0, 0.1) is 6.92 Å². The lowest BCUT2D eigenvalue weighted by molar-refractivity contribution is 0.304. The van der Waals surface area contributed by atoms with Gasteiger partial charge in [0.15, 0.2) is 5.13 Å². The minimum atomic E-state index is -0.142. The summed E-state index contributed by atoms with van der Waals surface area (Å²) in [5.74, 6) is 0.605. The highest BCUT2D eigenvalue weighted by molar-refractivity contribution is 7.16. The van der Waals surface area contributed by atoms with Crippen LogP contribution in [-0.2, 0) is 22.7 Å². The monoisotopic (exact) mass is 490 g/mol. The number of hydrogen-bond donors (Lipinski definition) is 2. The molecule has 0 fully saturated rings. The number of hydrogen-bond acceptors (Lipinski definition) is 5. The number of benzene rings is 1. The van der Waals surface area contributed by atoms with Crippen LogP contribution in [0.2, 0.25) is 0 Å². The van der Waals surface area contributed by atoms with Crippen LogP contribution in [0.3, 0.4) is 0 Å². The van der Waals surface area contributed by atoms with Gasteiger partial charge in [0.1, 0.15) is 5.82 Å². The number of nitrogens with two attached hydrogens (primary N) is 1. The fourth-order valence-electron chi connectivity index (χ4n) is 5.73. The molecule has 0 amide bonds. The van der Waals surface area contributed by atoms with Crippen LogP contribution in [0.25, 0.3) is 0 Å². The molecule has 0 aliphatic heterocycles. The molecule has 2 unspecified atom stereocenters. The standard InChI is InChI=1S/C30H42N4S/c1-9-29(6)14-13-28(4,5)22-17-21(19(3)15-23(22)29)30(7,10-2)25-12-11-20(18-33-25)16-24-26(31)34-27(32-8)35-24/h11-12,15,17-18H,9-10,13-14,16,31H2,1-8H3,(H,32,34). The van der Waals surface area contributed by atoms with Crippen LogP contribution < -0.4 is 11.1 Å². The van der Waals surface area contributed by atoms with Crippen molar-refractivity contribution in [3.05, 3.63) is 68.9 Å². The van der Waals surface area contributed by atoms with E-state index in [0.717, 1.165) is 34.1 Å². The minimum absolute atomic E-state index is 0.142. The number of rotatable bonds is 7. The zero-order valence-electron chi connectivity index (χ0n) is 22.8. The second kappa shape index (κ2) is 9.24. The van der Waals surface area contributed by atoms with E-state index < -0.39 is 0 Å². The molecule has 4 nitrogen and oxygen atoms in total. The van der Waals surface area contributed by atoms with Crippen molar-refractivity contribution in [1.29, 1.82) is 0 Å². The number of aromatic nitrogens is 2. The topological polar surface area (TPSA) is 63.8 Å². The number of nitrogen functional groups attached to an aromatic ring is 1. The Morgan fingerprint density at radius 1 is 1.11 bits per heavy atom. The normalized spacial score (nSPS) is 20.8. The predicted molar refractivity (Wildman–Crippen MR) is 151 cm³/mol. The Bertz CT molecular complexity index is 1210. The fourth-order valence-corrected chi connectivity index (χ4v) is 6.60. The second-order valence-corrected chi connectivity index (χ2v) is 12.6. The maximum atomic E-state index is 6.12. The summed E-state index contributed by atoms with van der Waals surface area (Å²) in [7, 11) is 1.87. The van der Waals surface area contributed by atoms with E-state index in [-0.39, 0.29) is 16.2 Å². The number of nitrogens with zero attached hydrogens (tertiary/aromatic N) is 2. The molecule has 1 aliphatic carbocycles. The minimum Gasteiger partial charge on any atom is -0.383 e. The van der Waals surface area contributed by atoms with Gasteiger partial charge in [-0.2, -0.15) is 0 Å². The first-order chi connectivity index (χ1) is 16.5. The van der Waals surface area contributed by atoms with Gasteiger partial charge < -0.3 is 11.1 Å². The number of anilines is 2. The van der Waals surface area contributed by atoms with E-state index in [1.807, 2.05) is 13.2 Å². The van der Waals surface area contributed by atoms with Gasteiger partial charge in [0.25, 0.3) is 0 Å². The van der Waals surface area contributed by atoms with Gasteiger partial charge in [0, 0.05) is 25.1 Å². The van der Waals surface area contributed by atoms with Crippen molar-refractivity contribution in [2.75, 3.05) is 18.1 Å². The number of aryl methyl sites for hydroxylation is 1. The average molecular weight is 491 g/mol. The Morgan fingerprint density at radius 3 is 2.43 bits per heavy atom. The fraction of sp³-hybridized carbons (Fsp3) is 0.533. The summed E-state index contributed by atoms with van der Waals surface area (Å²) < 4.78 is 0. The summed E-state index contributed by atoms with van der Waals surface area (Å²) in [6, 6.07) is 9.47. The van der Waals surface area contributed by atoms with Crippen molar-refractivity contribution in [3.8, 4) is 0 Å². The maximum Gasteiger partial charge on any atom is 0.184 e. The highest BCUT2D eigenvalue weighted by Gasteiger charge is 2.41. The molecule has 4 rings (SSSR count). The zero-order chi connectivity index (χ0) is 25.6. The summed E-state index contributed by atoms with van der Waals surface area (Å²) in [4.78, 5) is 10.5. The van der Waals surface area contributed by atoms with Crippen molar-refractivity contribution in [2.45, 2.75) is 96.8 Å². The lowest BCUT2D eigenvalue weighted by Crippen LogP contribution is -2.36. The van der Waals surface area contributed by atoms with Crippen molar-refractivity contribution < 1.29 is 0 Å². The Morgan fingerprint density at radius 2 is 1.86 bits per heavy atom. The van der Waals surface area contributed by atoms with Gasteiger partial charge in [-0.05, 0) is 84.2 Å². The van der Waals surface area contributed by atoms with E-state index in [2.05, 4.69) is 83.0 Å². The molecule has 1 aliphatic rings. The van der Waals surface area contributed by atoms with Crippen LogP contribution in [0.1, 0.15) is 106 Å².